The molecule has 3 heteroatoms. The van der Waals surface area contributed by atoms with E-state index in [1.165, 1.54) is 21.9 Å². The molecule has 1 aromatic carbocycles. The number of aryl methyl sites for hydroxylation is 2. The van der Waals surface area contributed by atoms with Crippen LogP contribution in [0.1, 0.15) is 11.1 Å². The topological polar surface area (TPSA) is 9.23 Å². The van der Waals surface area contributed by atoms with Crippen LogP contribution in [0.15, 0.2) is 17.0 Å². The van der Waals surface area contributed by atoms with Gasteiger partial charge in [-0.15, -0.1) is 11.7 Å². The van der Waals surface area contributed by atoms with Crippen LogP contribution in [0.2, 0.25) is 0 Å². The molecule has 0 saturated carbocycles. The quantitative estimate of drug-likeness (QED) is 0.579. The highest BCUT2D eigenvalue weighted by atomic mass is 33.1. The van der Waals surface area contributed by atoms with Crippen molar-refractivity contribution in [2.75, 3.05) is 7.11 Å². The number of methoxy groups -OCH3 is 1. The van der Waals surface area contributed by atoms with Crippen molar-refractivity contribution >= 4 is 22.5 Å². The largest absolute Gasteiger partial charge is 0.496 e. The number of thiol groups is 1. The zero-order valence-electron chi connectivity index (χ0n) is 7.42. The van der Waals surface area contributed by atoms with Gasteiger partial charge in [0.25, 0.3) is 0 Å². The molecule has 1 nitrogen and oxygen atoms in total. The Morgan fingerprint density at radius 2 is 1.83 bits per heavy atom. The van der Waals surface area contributed by atoms with E-state index in [1.54, 1.807) is 7.11 Å². The molecule has 0 spiro atoms. The summed E-state index contributed by atoms with van der Waals surface area (Å²) in [5.41, 5.74) is 2.52. The minimum Gasteiger partial charge on any atom is -0.496 e. The molecule has 0 radical (unpaired) electrons. The third-order valence-corrected chi connectivity index (χ3v) is 2.98. The van der Waals surface area contributed by atoms with E-state index in [0.29, 0.717) is 0 Å². The molecule has 0 bridgehead atoms. The van der Waals surface area contributed by atoms with E-state index in [1.807, 2.05) is 6.07 Å². The van der Waals surface area contributed by atoms with E-state index in [4.69, 9.17) is 4.74 Å². The molecule has 0 N–H and O–H groups in total. The molecule has 66 valence electrons. The SMILES string of the molecule is COc1cc(C)c(C)cc1SS. The number of ether oxygens (including phenoxy) is 1. The first-order valence-corrected chi connectivity index (χ1v) is 5.52. The predicted octanol–water partition coefficient (Wildman–Crippen LogP) is 3.25. The molecule has 0 aliphatic rings. The molecule has 1 aromatic rings. The van der Waals surface area contributed by atoms with Gasteiger partial charge in [-0.3, -0.25) is 0 Å². The Morgan fingerprint density at radius 1 is 1.25 bits per heavy atom. The van der Waals surface area contributed by atoms with Gasteiger partial charge in [0, 0.05) is 0 Å². The van der Waals surface area contributed by atoms with Gasteiger partial charge in [0.05, 0.1) is 12.0 Å². The second-order valence-electron chi connectivity index (χ2n) is 2.68. The van der Waals surface area contributed by atoms with E-state index >= 15 is 0 Å². The van der Waals surface area contributed by atoms with Gasteiger partial charge in [0.1, 0.15) is 5.75 Å². The zero-order valence-corrected chi connectivity index (χ0v) is 9.13. The molecule has 0 amide bonds. The van der Waals surface area contributed by atoms with Crippen LogP contribution in [0.4, 0.5) is 0 Å². The molecule has 0 aliphatic heterocycles. The molecule has 0 fully saturated rings. The number of rotatable bonds is 2. The second-order valence-corrected chi connectivity index (χ2v) is 3.85. The van der Waals surface area contributed by atoms with Crippen molar-refractivity contribution in [1.29, 1.82) is 0 Å². The van der Waals surface area contributed by atoms with Crippen LogP contribution in [0.3, 0.4) is 0 Å². The summed E-state index contributed by atoms with van der Waals surface area (Å²) in [6.45, 7) is 4.16. The highest BCUT2D eigenvalue weighted by Gasteiger charge is 2.04. The van der Waals surface area contributed by atoms with Crippen molar-refractivity contribution in [3.8, 4) is 5.75 Å². The Balaban J connectivity index is 3.19. The standard InChI is InChI=1S/C9H12OS2/c1-6-4-8(10-3)9(12-11)5-7(6)2/h4-5,11H,1-3H3. The van der Waals surface area contributed by atoms with E-state index in [9.17, 15) is 0 Å². The lowest BCUT2D eigenvalue weighted by Gasteiger charge is -2.08. The van der Waals surface area contributed by atoms with Gasteiger partial charge in [-0.1, -0.05) is 10.8 Å². The molecular weight excluding hydrogens is 188 g/mol. The van der Waals surface area contributed by atoms with Gasteiger partial charge in [0.15, 0.2) is 0 Å². The zero-order chi connectivity index (χ0) is 9.14. The lowest BCUT2D eigenvalue weighted by molar-refractivity contribution is 0.404. The third-order valence-electron chi connectivity index (χ3n) is 1.88. The number of hydrogen-bond acceptors (Lipinski definition) is 3. The Kier molecular flexibility index (Phi) is 3.35. The predicted molar refractivity (Wildman–Crippen MR) is 57.3 cm³/mol. The van der Waals surface area contributed by atoms with Gasteiger partial charge < -0.3 is 4.74 Å². The van der Waals surface area contributed by atoms with Gasteiger partial charge >= 0.3 is 0 Å². The fourth-order valence-electron chi connectivity index (χ4n) is 0.994. The van der Waals surface area contributed by atoms with Crippen molar-refractivity contribution in [1.82, 2.24) is 0 Å². The first-order valence-electron chi connectivity index (χ1n) is 3.65. The van der Waals surface area contributed by atoms with Crippen molar-refractivity contribution in [3.63, 3.8) is 0 Å². The molecule has 0 unspecified atom stereocenters. The number of benzene rings is 1. The van der Waals surface area contributed by atoms with E-state index in [0.717, 1.165) is 10.6 Å². The lowest BCUT2D eigenvalue weighted by Crippen LogP contribution is -1.88. The normalized spacial score (nSPS) is 10.0. The average molecular weight is 200 g/mol. The minimum absolute atomic E-state index is 0.901. The fraction of sp³-hybridized carbons (Fsp3) is 0.333. The van der Waals surface area contributed by atoms with Crippen LogP contribution in [-0.2, 0) is 0 Å². The molecule has 0 heterocycles. The van der Waals surface area contributed by atoms with Crippen LogP contribution in [0.25, 0.3) is 0 Å². The van der Waals surface area contributed by atoms with E-state index < -0.39 is 0 Å². The summed E-state index contributed by atoms with van der Waals surface area (Å²) < 4.78 is 5.20. The summed E-state index contributed by atoms with van der Waals surface area (Å²) >= 11 is 4.15. The summed E-state index contributed by atoms with van der Waals surface area (Å²) in [4.78, 5) is 1.07. The Bertz CT molecular complexity index is 255. The van der Waals surface area contributed by atoms with Crippen LogP contribution >= 0.6 is 22.5 Å². The fourth-order valence-corrected chi connectivity index (χ4v) is 1.88. The van der Waals surface area contributed by atoms with Crippen molar-refractivity contribution in [2.45, 2.75) is 18.7 Å². The highest BCUT2D eigenvalue weighted by molar-refractivity contribution is 8.68. The smallest absolute Gasteiger partial charge is 0.133 e. The molecular formula is C9H12OS2. The first kappa shape index (κ1) is 9.81. The monoisotopic (exact) mass is 200 g/mol. The van der Waals surface area contributed by atoms with E-state index in [2.05, 4.69) is 31.6 Å². The Morgan fingerprint density at radius 3 is 2.33 bits per heavy atom. The Hall–Kier alpha value is -0.280. The van der Waals surface area contributed by atoms with Crippen LogP contribution in [-0.4, -0.2) is 7.11 Å². The third kappa shape index (κ3) is 1.90. The van der Waals surface area contributed by atoms with Crippen molar-refractivity contribution in [3.05, 3.63) is 23.3 Å². The van der Waals surface area contributed by atoms with Gasteiger partial charge in [-0.2, -0.15) is 0 Å². The second kappa shape index (κ2) is 4.10. The summed E-state index contributed by atoms with van der Waals surface area (Å²) in [6.07, 6.45) is 0. The molecule has 0 atom stereocenters. The summed E-state index contributed by atoms with van der Waals surface area (Å²) in [7, 11) is 3.09. The maximum atomic E-state index is 5.20. The van der Waals surface area contributed by atoms with E-state index in [-0.39, 0.29) is 0 Å². The van der Waals surface area contributed by atoms with Crippen LogP contribution in [0.5, 0.6) is 5.75 Å². The molecule has 1 rings (SSSR count). The van der Waals surface area contributed by atoms with Crippen LogP contribution < -0.4 is 4.74 Å². The number of hydrogen-bond donors (Lipinski definition) is 1. The molecule has 0 aliphatic carbocycles. The summed E-state index contributed by atoms with van der Waals surface area (Å²) in [5, 5.41) is 0. The Labute approximate surface area is 82.3 Å². The minimum atomic E-state index is 0.901. The molecule has 12 heavy (non-hydrogen) atoms. The molecule has 0 saturated heterocycles. The van der Waals surface area contributed by atoms with Gasteiger partial charge in [-0.05, 0) is 37.1 Å². The first-order chi connectivity index (χ1) is 5.69. The van der Waals surface area contributed by atoms with Crippen molar-refractivity contribution < 1.29 is 4.74 Å². The van der Waals surface area contributed by atoms with Gasteiger partial charge in [-0.25, -0.2) is 0 Å². The lowest BCUT2D eigenvalue weighted by atomic mass is 10.1. The summed E-state index contributed by atoms with van der Waals surface area (Å²) in [6, 6.07) is 4.12. The highest BCUT2D eigenvalue weighted by Crippen LogP contribution is 2.33. The molecule has 0 aromatic heterocycles. The maximum Gasteiger partial charge on any atom is 0.133 e. The summed E-state index contributed by atoms with van der Waals surface area (Å²) in [5.74, 6) is 0.901. The maximum absolute atomic E-state index is 5.20. The van der Waals surface area contributed by atoms with Crippen LogP contribution in [0, 0.1) is 13.8 Å². The van der Waals surface area contributed by atoms with Gasteiger partial charge in [0.2, 0.25) is 0 Å². The van der Waals surface area contributed by atoms with Crippen molar-refractivity contribution in [2.24, 2.45) is 0 Å². The average Bonchev–Trinajstić information content (AvgIpc) is 2.09.